The summed E-state index contributed by atoms with van der Waals surface area (Å²) in [6, 6.07) is -0.0480. The van der Waals surface area contributed by atoms with Crippen molar-refractivity contribution in [2.24, 2.45) is 0 Å². The molecule has 0 bridgehead atoms. The van der Waals surface area contributed by atoms with Gasteiger partial charge in [-0.05, 0) is 58.4 Å². The lowest BCUT2D eigenvalue weighted by Crippen LogP contribution is -2.37. The molecule has 1 amide bonds. The van der Waals surface area contributed by atoms with Gasteiger partial charge < -0.3 is 10.6 Å². The van der Waals surface area contributed by atoms with E-state index in [1.54, 1.807) is 24.4 Å². The van der Waals surface area contributed by atoms with Gasteiger partial charge in [0.05, 0.1) is 6.04 Å². The van der Waals surface area contributed by atoms with Gasteiger partial charge in [-0.15, -0.1) is 0 Å². The van der Waals surface area contributed by atoms with E-state index in [1.807, 2.05) is 57.2 Å². The summed E-state index contributed by atoms with van der Waals surface area (Å²) in [4.78, 5) is 11.7. The molecule has 25 heavy (non-hydrogen) atoms. The summed E-state index contributed by atoms with van der Waals surface area (Å²) in [5.41, 5.74) is 0.898. The molecule has 0 saturated carbocycles. The van der Waals surface area contributed by atoms with Crippen LogP contribution < -0.4 is 10.6 Å². The Kier molecular flexibility index (Phi) is 14.6. The van der Waals surface area contributed by atoms with Gasteiger partial charge in [0.15, 0.2) is 0 Å². The van der Waals surface area contributed by atoms with Crippen molar-refractivity contribution in [3.8, 4) is 11.8 Å². The van der Waals surface area contributed by atoms with Crippen LogP contribution in [-0.4, -0.2) is 18.5 Å². The van der Waals surface area contributed by atoms with Gasteiger partial charge in [-0.25, -0.2) is 0 Å². The minimum Gasteiger partial charge on any atom is -0.331 e. The van der Waals surface area contributed by atoms with Gasteiger partial charge in [0, 0.05) is 11.8 Å². The van der Waals surface area contributed by atoms with Gasteiger partial charge >= 0.3 is 0 Å². The summed E-state index contributed by atoms with van der Waals surface area (Å²) in [6.07, 6.45) is 20.4. The topological polar surface area (TPSA) is 41.1 Å². The van der Waals surface area contributed by atoms with Crippen molar-refractivity contribution >= 4 is 5.91 Å². The molecule has 0 spiro atoms. The van der Waals surface area contributed by atoms with E-state index in [4.69, 9.17) is 0 Å². The summed E-state index contributed by atoms with van der Waals surface area (Å²) in [6.45, 7) is 10.2. The fourth-order valence-electron chi connectivity index (χ4n) is 1.95. The fraction of sp³-hybridized carbons (Fsp3) is 0.318. The number of allylic oxidation sites excluding steroid dienone is 10. The smallest absolute Gasteiger partial charge is 0.241 e. The summed E-state index contributed by atoms with van der Waals surface area (Å²) in [7, 11) is 0. The molecule has 0 aromatic heterocycles. The number of hydrogen-bond acceptors (Lipinski definition) is 2. The number of carbonyl (C=O) groups excluding carboxylic acids is 1. The van der Waals surface area contributed by atoms with Crippen molar-refractivity contribution in [2.45, 2.75) is 39.7 Å². The molecule has 1 atom stereocenters. The first kappa shape index (κ1) is 22.4. The minimum atomic E-state index is -0.0480. The molecule has 134 valence electrons. The van der Waals surface area contributed by atoms with E-state index in [2.05, 4.69) is 29.1 Å². The Balaban J connectivity index is 0.00000101. The van der Waals surface area contributed by atoms with Crippen molar-refractivity contribution in [3.05, 3.63) is 73.0 Å². The first-order chi connectivity index (χ1) is 12.2. The summed E-state index contributed by atoms with van der Waals surface area (Å²) < 4.78 is 0. The highest BCUT2D eigenvalue weighted by molar-refractivity contribution is 5.82. The monoisotopic (exact) mass is 338 g/mol. The molecule has 0 aliphatic carbocycles. The first-order valence-corrected chi connectivity index (χ1v) is 8.59. The van der Waals surface area contributed by atoms with Crippen molar-refractivity contribution in [1.82, 2.24) is 10.6 Å². The number of amides is 1. The maximum atomic E-state index is 11.7. The maximum Gasteiger partial charge on any atom is 0.241 e. The van der Waals surface area contributed by atoms with Crippen LogP contribution in [0.4, 0.5) is 0 Å². The zero-order valence-electron chi connectivity index (χ0n) is 15.6. The van der Waals surface area contributed by atoms with Gasteiger partial charge in [-0.1, -0.05) is 54.9 Å². The highest BCUT2D eigenvalue weighted by Crippen LogP contribution is 2.04. The van der Waals surface area contributed by atoms with Crippen molar-refractivity contribution in [2.75, 3.05) is 6.54 Å². The van der Waals surface area contributed by atoms with Crippen LogP contribution in [0.25, 0.3) is 0 Å². The number of rotatable bonds is 5. The zero-order valence-corrected chi connectivity index (χ0v) is 15.6. The van der Waals surface area contributed by atoms with E-state index in [1.165, 1.54) is 0 Å². The molecule has 3 heteroatoms. The van der Waals surface area contributed by atoms with Crippen LogP contribution >= 0.6 is 0 Å². The second-order valence-electron chi connectivity index (χ2n) is 5.17. The molecule has 1 heterocycles. The maximum absolute atomic E-state index is 11.7. The molecule has 1 rings (SSSR count). The third-order valence-corrected chi connectivity index (χ3v) is 3.12. The predicted molar refractivity (Wildman–Crippen MR) is 109 cm³/mol. The molecule has 1 fully saturated rings. The standard InChI is InChI=1S/C17H22N2O.C5H8/c1-3-5-6-10-15(9-4-2)11-7-14-19-17(20)16-12-8-13-18-16;1-3-5-4-2/h3-5,7,9,11,14,16,18H,8,12-13H2,1-2H3,(H,19,20);3-5H,1H2,2H3/b5-3+,9-4-,14-7+,15-11+;5-4-. The van der Waals surface area contributed by atoms with Gasteiger partial charge in [-0.2, -0.15) is 0 Å². The SMILES string of the molecule is C=C/C=C\C.C\C=C/C(C#C/C=C/C)=C\C=C\NC(=O)C1CCCN1. The Hall–Kier alpha value is -2.57. The van der Waals surface area contributed by atoms with Crippen LogP contribution in [0.5, 0.6) is 0 Å². The van der Waals surface area contributed by atoms with Crippen molar-refractivity contribution in [1.29, 1.82) is 0 Å². The summed E-state index contributed by atoms with van der Waals surface area (Å²) >= 11 is 0. The van der Waals surface area contributed by atoms with Crippen LogP contribution in [0.15, 0.2) is 73.0 Å². The van der Waals surface area contributed by atoms with E-state index in [-0.39, 0.29) is 11.9 Å². The highest BCUT2D eigenvalue weighted by Gasteiger charge is 2.20. The lowest BCUT2D eigenvalue weighted by atomic mass is 10.2. The zero-order chi connectivity index (χ0) is 18.8. The van der Waals surface area contributed by atoms with E-state index in [0.29, 0.717) is 0 Å². The van der Waals surface area contributed by atoms with Gasteiger partial charge in [0.1, 0.15) is 0 Å². The molecule has 3 nitrogen and oxygen atoms in total. The molecule has 1 aliphatic rings. The van der Waals surface area contributed by atoms with Crippen LogP contribution in [-0.2, 0) is 4.79 Å². The molecular weight excluding hydrogens is 308 g/mol. The van der Waals surface area contributed by atoms with E-state index < -0.39 is 0 Å². The predicted octanol–water partition coefficient (Wildman–Crippen LogP) is 4.20. The normalized spacial score (nSPS) is 17.6. The Morgan fingerprint density at radius 2 is 2.00 bits per heavy atom. The molecule has 0 aromatic rings. The second kappa shape index (κ2) is 16.3. The van der Waals surface area contributed by atoms with Crippen LogP contribution in [0, 0.1) is 11.8 Å². The van der Waals surface area contributed by atoms with E-state index in [0.717, 1.165) is 25.0 Å². The van der Waals surface area contributed by atoms with Crippen LogP contribution in [0.2, 0.25) is 0 Å². The van der Waals surface area contributed by atoms with Crippen molar-refractivity contribution in [3.63, 3.8) is 0 Å². The third-order valence-electron chi connectivity index (χ3n) is 3.12. The van der Waals surface area contributed by atoms with Crippen LogP contribution in [0.3, 0.4) is 0 Å². The largest absolute Gasteiger partial charge is 0.331 e. The average molecular weight is 338 g/mol. The molecule has 2 N–H and O–H groups in total. The third kappa shape index (κ3) is 12.5. The van der Waals surface area contributed by atoms with Crippen molar-refractivity contribution < 1.29 is 4.79 Å². The van der Waals surface area contributed by atoms with Gasteiger partial charge in [-0.3, -0.25) is 4.79 Å². The molecule has 1 unspecified atom stereocenters. The Morgan fingerprint density at radius 1 is 1.20 bits per heavy atom. The molecule has 0 aromatic carbocycles. The highest BCUT2D eigenvalue weighted by atomic mass is 16.2. The summed E-state index contributed by atoms with van der Waals surface area (Å²) in [5, 5.41) is 5.93. The molecule has 0 radical (unpaired) electrons. The molecule has 1 aliphatic heterocycles. The Bertz CT molecular complexity index is 589. The number of hydrogen-bond donors (Lipinski definition) is 2. The fourth-order valence-corrected chi connectivity index (χ4v) is 1.95. The number of nitrogens with one attached hydrogen (secondary N) is 2. The number of carbonyl (C=O) groups is 1. The quantitative estimate of drug-likeness (QED) is 0.583. The lowest BCUT2D eigenvalue weighted by Gasteiger charge is -2.07. The second-order valence-corrected chi connectivity index (χ2v) is 5.17. The Morgan fingerprint density at radius 3 is 2.52 bits per heavy atom. The summed E-state index contributed by atoms with van der Waals surface area (Å²) in [5.74, 6) is 5.99. The van der Waals surface area contributed by atoms with Gasteiger partial charge in [0.25, 0.3) is 0 Å². The molecule has 1 saturated heterocycles. The van der Waals surface area contributed by atoms with Crippen LogP contribution in [0.1, 0.15) is 33.6 Å². The lowest BCUT2D eigenvalue weighted by molar-refractivity contribution is -0.121. The Labute approximate surface area is 153 Å². The minimum absolute atomic E-state index is 0.0275. The van der Waals surface area contributed by atoms with Gasteiger partial charge in [0.2, 0.25) is 5.91 Å². The molecular formula is C22H30N2O. The first-order valence-electron chi connectivity index (χ1n) is 8.59. The van der Waals surface area contributed by atoms with E-state index >= 15 is 0 Å². The van der Waals surface area contributed by atoms with E-state index in [9.17, 15) is 4.79 Å². The average Bonchev–Trinajstić information content (AvgIpc) is 3.14.